The molecule has 0 bridgehead atoms. The molecule has 0 aliphatic heterocycles. The van der Waals surface area contributed by atoms with Crippen LogP contribution in [0.4, 0.5) is 4.39 Å². The van der Waals surface area contributed by atoms with Crippen molar-refractivity contribution in [1.82, 2.24) is 4.90 Å². The van der Waals surface area contributed by atoms with Gasteiger partial charge in [0, 0.05) is 16.6 Å². The first-order chi connectivity index (χ1) is 9.36. The number of esters is 1. The van der Waals surface area contributed by atoms with Gasteiger partial charge in [-0.2, -0.15) is 0 Å². The molecule has 1 rings (SSSR count). The Kier molecular flexibility index (Phi) is 5.95. The summed E-state index contributed by atoms with van der Waals surface area (Å²) in [5, 5.41) is 0.195. The van der Waals surface area contributed by atoms with Crippen LogP contribution in [0.25, 0.3) is 0 Å². The Bertz CT molecular complexity index is 485. The van der Waals surface area contributed by atoms with E-state index < -0.39 is 11.8 Å². The number of halogens is 2. The number of benzene rings is 1. The summed E-state index contributed by atoms with van der Waals surface area (Å²) in [4.78, 5) is 24.8. The normalized spacial score (nSPS) is 10.5. The Morgan fingerprint density at radius 2 is 2.05 bits per heavy atom. The van der Waals surface area contributed by atoms with Crippen LogP contribution >= 0.6 is 11.6 Å². The van der Waals surface area contributed by atoms with Gasteiger partial charge < -0.3 is 9.64 Å². The zero-order valence-electron chi connectivity index (χ0n) is 11.7. The molecule has 0 saturated heterocycles. The number of carbonyl (C=O) groups is 2. The Morgan fingerprint density at radius 1 is 1.40 bits per heavy atom. The first kappa shape index (κ1) is 16.4. The van der Waals surface area contributed by atoms with E-state index in [0.29, 0.717) is 0 Å². The van der Waals surface area contributed by atoms with E-state index in [-0.39, 0.29) is 35.5 Å². The molecule has 1 aromatic rings. The van der Waals surface area contributed by atoms with E-state index in [1.165, 1.54) is 30.2 Å². The van der Waals surface area contributed by atoms with Gasteiger partial charge >= 0.3 is 5.97 Å². The second kappa shape index (κ2) is 7.24. The molecule has 0 unspecified atom stereocenters. The van der Waals surface area contributed by atoms with Crippen molar-refractivity contribution in [2.75, 3.05) is 13.7 Å². The van der Waals surface area contributed by atoms with Gasteiger partial charge in [-0.1, -0.05) is 17.7 Å². The minimum absolute atomic E-state index is 0.134. The molecular weight excluding hydrogens is 285 g/mol. The maximum atomic E-state index is 13.7. The standard InChI is InChI=1S/C14H17ClFNO3/c1-9(2)17(8-14(19)20-3)13(18)7-10-11(15)5-4-6-12(10)16/h4-6,9H,7-8H2,1-3H3. The molecule has 6 heteroatoms. The number of methoxy groups -OCH3 is 1. The van der Waals surface area contributed by atoms with Gasteiger partial charge in [0.05, 0.1) is 13.5 Å². The highest BCUT2D eigenvalue weighted by Crippen LogP contribution is 2.20. The van der Waals surface area contributed by atoms with E-state index in [1.54, 1.807) is 13.8 Å². The first-order valence-corrected chi connectivity index (χ1v) is 6.53. The molecule has 4 nitrogen and oxygen atoms in total. The molecule has 0 N–H and O–H groups in total. The van der Waals surface area contributed by atoms with E-state index in [9.17, 15) is 14.0 Å². The largest absolute Gasteiger partial charge is 0.468 e. The van der Waals surface area contributed by atoms with Crippen molar-refractivity contribution in [1.29, 1.82) is 0 Å². The predicted octanol–water partition coefficient (Wildman–Crippen LogP) is 2.43. The third-order valence-electron chi connectivity index (χ3n) is 2.86. The summed E-state index contributed by atoms with van der Waals surface area (Å²) in [6, 6.07) is 4.04. The van der Waals surface area contributed by atoms with Crippen LogP contribution in [0, 0.1) is 5.82 Å². The van der Waals surface area contributed by atoms with Gasteiger partial charge in [-0.3, -0.25) is 9.59 Å². The molecule has 0 saturated carbocycles. The van der Waals surface area contributed by atoms with Gasteiger partial charge in [0.25, 0.3) is 0 Å². The molecular formula is C14H17ClFNO3. The summed E-state index contributed by atoms with van der Waals surface area (Å²) < 4.78 is 18.2. The van der Waals surface area contributed by atoms with Crippen molar-refractivity contribution in [3.8, 4) is 0 Å². The summed E-state index contributed by atoms with van der Waals surface area (Å²) in [6.45, 7) is 3.37. The highest BCUT2D eigenvalue weighted by Gasteiger charge is 2.22. The molecule has 110 valence electrons. The van der Waals surface area contributed by atoms with Crippen LogP contribution in [0.2, 0.25) is 5.02 Å². The van der Waals surface area contributed by atoms with E-state index >= 15 is 0 Å². The average Bonchev–Trinajstić information content (AvgIpc) is 2.39. The van der Waals surface area contributed by atoms with Crippen molar-refractivity contribution >= 4 is 23.5 Å². The van der Waals surface area contributed by atoms with Crippen molar-refractivity contribution in [2.45, 2.75) is 26.3 Å². The van der Waals surface area contributed by atoms with E-state index in [2.05, 4.69) is 4.74 Å². The summed E-state index contributed by atoms with van der Waals surface area (Å²) in [5.74, 6) is -1.43. The van der Waals surface area contributed by atoms with Crippen LogP contribution < -0.4 is 0 Å². The molecule has 0 heterocycles. The number of hydrogen-bond acceptors (Lipinski definition) is 3. The molecule has 0 aliphatic rings. The SMILES string of the molecule is COC(=O)CN(C(=O)Cc1c(F)cccc1Cl)C(C)C. The highest BCUT2D eigenvalue weighted by molar-refractivity contribution is 6.31. The lowest BCUT2D eigenvalue weighted by molar-refractivity contribution is -0.148. The van der Waals surface area contributed by atoms with Gasteiger partial charge in [-0.05, 0) is 26.0 Å². The van der Waals surface area contributed by atoms with Gasteiger partial charge in [-0.25, -0.2) is 4.39 Å². The number of rotatable bonds is 5. The quantitative estimate of drug-likeness (QED) is 0.785. The number of nitrogens with zero attached hydrogens (tertiary/aromatic N) is 1. The van der Waals surface area contributed by atoms with Crippen molar-refractivity contribution in [3.63, 3.8) is 0 Å². The van der Waals surface area contributed by atoms with Gasteiger partial charge in [0.15, 0.2) is 0 Å². The van der Waals surface area contributed by atoms with Crippen LogP contribution in [-0.4, -0.2) is 36.5 Å². The fraction of sp³-hybridized carbons (Fsp3) is 0.429. The molecule has 0 aliphatic carbocycles. The lowest BCUT2D eigenvalue weighted by atomic mass is 10.1. The molecule has 1 aromatic carbocycles. The number of ether oxygens (including phenoxy) is 1. The second-order valence-electron chi connectivity index (χ2n) is 4.57. The highest BCUT2D eigenvalue weighted by atomic mass is 35.5. The maximum absolute atomic E-state index is 13.7. The summed E-state index contributed by atoms with van der Waals surface area (Å²) >= 11 is 5.89. The van der Waals surface area contributed by atoms with Crippen molar-refractivity contribution < 1.29 is 18.7 Å². The molecule has 0 aromatic heterocycles. The average molecular weight is 302 g/mol. The van der Waals surface area contributed by atoms with Gasteiger partial charge in [0.2, 0.25) is 5.91 Å². The Labute approximate surface area is 122 Å². The van der Waals surface area contributed by atoms with E-state index in [1.807, 2.05) is 0 Å². The summed E-state index contributed by atoms with van der Waals surface area (Å²) in [7, 11) is 1.25. The van der Waals surface area contributed by atoms with Crippen LogP contribution in [0.1, 0.15) is 19.4 Å². The Morgan fingerprint density at radius 3 is 2.55 bits per heavy atom. The van der Waals surface area contributed by atoms with E-state index in [4.69, 9.17) is 11.6 Å². The number of amides is 1. The lowest BCUT2D eigenvalue weighted by Crippen LogP contribution is -2.42. The minimum atomic E-state index is -0.535. The molecule has 0 radical (unpaired) electrons. The fourth-order valence-electron chi connectivity index (χ4n) is 1.72. The Balaban J connectivity index is 2.89. The summed E-state index contributed by atoms with van der Waals surface area (Å²) in [6.07, 6.45) is -0.194. The third kappa shape index (κ3) is 4.20. The van der Waals surface area contributed by atoms with Crippen LogP contribution in [0.15, 0.2) is 18.2 Å². The number of hydrogen-bond donors (Lipinski definition) is 0. The predicted molar refractivity (Wildman–Crippen MR) is 74.0 cm³/mol. The first-order valence-electron chi connectivity index (χ1n) is 6.16. The fourth-order valence-corrected chi connectivity index (χ4v) is 1.95. The van der Waals surface area contributed by atoms with Gasteiger partial charge in [0.1, 0.15) is 12.4 Å². The van der Waals surface area contributed by atoms with Crippen LogP contribution in [0.3, 0.4) is 0 Å². The van der Waals surface area contributed by atoms with Crippen LogP contribution in [-0.2, 0) is 20.7 Å². The zero-order valence-corrected chi connectivity index (χ0v) is 12.4. The maximum Gasteiger partial charge on any atom is 0.325 e. The molecule has 20 heavy (non-hydrogen) atoms. The molecule has 0 spiro atoms. The smallest absolute Gasteiger partial charge is 0.325 e. The monoisotopic (exact) mass is 301 g/mol. The van der Waals surface area contributed by atoms with Crippen molar-refractivity contribution in [3.05, 3.63) is 34.6 Å². The topological polar surface area (TPSA) is 46.6 Å². The number of carbonyl (C=O) groups excluding carboxylic acids is 2. The minimum Gasteiger partial charge on any atom is -0.468 e. The van der Waals surface area contributed by atoms with Crippen molar-refractivity contribution in [2.24, 2.45) is 0 Å². The Hall–Kier alpha value is -1.62. The lowest BCUT2D eigenvalue weighted by Gasteiger charge is -2.25. The summed E-state index contributed by atoms with van der Waals surface area (Å²) in [5.41, 5.74) is 0.134. The third-order valence-corrected chi connectivity index (χ3v) is 3.21. The van der Waals surface area contributed by atoms with Crippen LogP contribution in [0.5, 0.6) is 0 Å². The van der Waals surface area contributed by atoms with E-state index in [0.717, 1.165) is 0 Å². The van der Waals surface area contributed by atoms with Gasteiger partial charge in [-0.15, -0.1) is 0 Å². The zero-order chi connectivity index (χ0) is 15.3. The molecule has 0 fully saturated rings. The molecule has 0 atom stereocenters. The second-order valence-corrected chi connectivity index (χ2v) is 4.98. The molecule has 1 amide bonds.